The summed E-state index contributed by atoms with van der Waals surface area (Å²) >= 11 is 0. The van der Waals surface area contributed by atoms with Crippen molar-refractivity contribution >= 4 is 11.9 Å². The highest BCUT2D eigenvalue weighted by molar-refractivity contribution is 5.79. The fourth-order valence-electron chi connectivity index (χ4n) is 2.20. The molecule has 0 N–H and O–H groups in total. The molecule has 0 aliphatic carbocycles. The van der Waals surface area contributed by atoms with Gasteiger partial charge in [-0.05, 0) is 25.3 Å². The molecule has 20 heavy (non-hydrogen) atoms. The third kappa shape index (κ3) is 3.00. The predicted molar refractivity (Wildman–Crippen MR) is 64.0 cm³/mol. The van der Waals surface area contributed by atoms with Gasteiger partial charge in [0.25, 0.3) is 0 Å². The fourth-order valence-corrected chi connectivity index (χ4v) is 2.20. The molecule has 110 valence electrons. The summed E-state index contributed by atoms with van der Waals surface area (Å²) in [6, 6.07) is 0.179. The third-order valence-electron chi connectivity index (χ3n) is 3.17. The summed E-state index contributed by atoms with van der Waals surface area (Å²) < 4.78 is 42.7. The molecule has 1 aliphatic rings. The Morgan fingerprint density at radius 2 is 2.20 bits per heavy atom. The summed E-state index contributed by atoms with van der Waals surface area (Å²) in [5.41, 5.74) is -1.02. The minimum absolute atomic E-state index is 0.0880. The quantitative estimate of drug-likeness (QED) is 0.780. The minimum Gasteiger partial charge on any atom is -0.467 e. The summed E-state index contributed by atoms with van der Waals surface area (Å²) in [5.74, 6) is -0.569. The molecular weight excluding hydrogens is 275 g/mol. The number of alkyl halides is 3. The van der Waals surface area contributed by atoms with Crippen LogP contribution in [0.5, 0.6) is 0 Å². The number of hydrogen-bond donors (Lipinski definition) is 0. The van der Waals surface area contributed by atoms with E-state index in [2.05, 4.69) is 14.7 Å². The number of hydrogen-bond acceptors (Lipinski definition) is 5. The molecule has 0 bridgehead atoms. The van der Waals surface area contributed by atoms with Crippen LogP contribution in [0.25, 0.3) is 0 Å². The van der Waals surface area contributed by atoms with E-state index in [0.717, 1.165) is 25.1 Å². The maximum Gasteiger partial charge on any atom is 0.433 e. The number of methoxy groups -OCH3 is 1. The molecule has 1 atom stereocenters. The van der Waals surface area contributed by atoms with Crippen LogP contribution in [0.3, 0.4) is 0 Å². The first kappa shape index (κ1) is 14.5. The Morgan fingerprint density at radius 1 is 1.45 bits per heavy atom. The van der Waals surface area contributed by atoms with E-state index in [1.807, 2.05) is 0 Å². The van der Waals surface area contributed by atoms with Gasteiger partial charge in [-0.3, -0.25) is 0 Å². The molecule has 0 spiro atoms. The molecule has 5 nitrogen and oxygen atoms in total. The lowest BCUT2D eigenvalue weighted by atomic mass is 10.0. The van der Waals surface area contributed by atoms with Crippen LogP contribution in [0, 0.1) is 0 Å². The van der Waals surface area contributed by atoms with Crippen molar-refractivity contribution in [1.82, 2.24) is 9.97 Å². The van der Waals surface area contributed by atoms with Gasteiger partial charge in [0, 0.05) is 12.7 Å². The smallest absolute Gasteiger partial charge is 0.433 e. The second-order valence-corrected chi connectivity index (χ2v) is 4.47. The van der Waals surface area contributed by atoms with Crippen LogP contribution in [-0.4, -0.2) is 35.6 Å². The zero-order chi connectivity index (χ0) is 14.8. The van der Waals surface area contributed by atoms with Gasteiger partial charge in [-0.1, -0.05) is 0 Å². The second-order valence-electron chi connectivity index (χ2n) is 4.47. The molecule has 2 rings (SSSR count). The van der Waals surface area contributed by atoms with Crippen molar-refractivity contribution in [1.29, 1.82) is 0 Å². The highest BCUT2D eigenvalue weighted by Crippen LogP contribution is 2.29. The lowest BCUT2D eigenvalue weighted by Gasteiger charge is -2.33. The van der Waals surface area contributed by atoms with E-state index in [0.29, 0.717) is 13.0 Å². The summed E-state index contributed by atoms with van der Waals surface area (Å²) in [4.78, 5) is 20.5. The summed E-state index contributed by atoms with van der Waals surface area (Å²) in [5, 5.41) is 0. The van der Waals surface area contributed by atoms with Gasteiger partial charge in [0.1, 0.15) is 11.7 Å². The van der Waals surface area contributed by atoms with Crippen molar-refractivity contribution in [3.8, 4) is 0 Å². The normalized spacial score (nSPS) is 19.8. The molecule has 0 aromatic carbocycles. The Balaban J connectivity index is 2.30. The maximum atomic E-state index is 12.7. The Kier molecular flexibility index (Phi) is 4.10. The highest BCUT2D eigenvalue weighted by Gasteiger charge is 2.35. The number of ether oxygens (including phenoxy) is 1. The first-order chi connectivity index (χ1) is 9.43. The van der Waals surface area contributed by atoms with E-state index in [1.54, 1.807) is 0 Å². The summed E-state index contributed by atoms with van der Waals surface area (Å²) in [6.45, 7) is 0.432. The predicted octanol–water partition coefficient (Wildman–Crippen LogP) is 2.03. The SMILES string of the molecule is COC(=O)C1CCCCN1c1nccc(C(F)(F)F)n1. The Labute approximate surface area is 113 Å². The van der Waals surface area contributed by atoms with Crippen LogP contribution in [0.2, 0.25) is 0 Å². The fraction of sp³-hybridized carbons (Fsp3) is 0.583. The average Bonchev–Trinajstić information content (AvgIpc) is 2.45. The zero-order valence-electron chi connectivity index (χ0n) is 10.9. The van der Waals surface area contributed by atoms with Crippen LogP contribution in [0.15, 0.2) is 12.3 Å². The molecule has 1 aliphatic heterocycles. The molecule has 2 heterocycles. The second kappa shape index (κ2) is 5.64. The number of nitrogens with zero attached hydrogens (tertiary/aromatic N) is 3. The standard InChI is InChI=1S/C12H14F3N3O2/c1-20-10(19)8-4-2-3-7-18(8)11-16-6-5-9(17-11)12(13,14)15/h5-6,8H,2-4,7H2,1H3. The summed E-state index contributed by atoms with van der Waals surface area (Å²) in [7, 11) is 1.25. The Hall–Kier alpha value is -1.86. The minimum atomic E-state index is -4.53. The molecular formula is C12H14F3N3O2. The zero-order valence-corrected chi connectivity index (χ0v) is 10.9. The van der Waals surface area contributed by atoms with Crippen molar-refractivity contribution in [3.05, 3.63) is 18.0 Å². The van der Waals surface area contributed by atoms with Crippen LogP contribution >= 0.6 is 0 Å². The number of carbonyl (C=O) groups excluding carboxylic acids is 1. The highest BCUT2D eigenvalue weighted by atomic mass is 19.4. The molecule has 0 radical (unpaired) electrons. The van der Waals surface area contributed by atoms with E-state index in [-0.39, 0.29) is 5.95 Å². The maximum absolute atomic E-state index is 12.7. The van der Waals surface area contributed by atoms with Crippen molar-refractivity contribution in [2.45, 2.75) is 31.5 Å². The van der Waals surface area contributed by atoms with Gasteiger partial charge >= 0.3 is 12.1 Å². The van der Waals surface area contributed by atoms with Crippen molar-refractivity contribution in [2.75, 3.05) is 18.6 Å². The number of rotatable bonds is 2. The molecule has 1 fully saturated rings. The van der Waals surface area contributed by atoms with Gasteiger partial charge in [0.05, 0.1) is 7.11 Å². The van der Waals surface area contributed by atoms with Gasteiger partial charge in [-0.15, -0.1) is 0 Å². The van der Waals surface area contributed by atoms with Crippen molar-refractivity contribution < 1.29 is 22.7 Å². The van der Waals surface area contributed by atoms with E-state index in [1.165, 1.54) is 12.0 Å². The number of esters is 1. The van der Waals surface area contributed by atoms with Crippen LogP contribution < -0.4 is 4.90 Å². The van der Waals surface area contributed by atoms with Gasteiger partial charge in [0.2, 0.25) is 5.95 Å². The first-order valence-electron chi connectivity index (χ1n) is 6.18. The number of aromatic nitrogens is 2. The van der Waals surface area contributed by atoms with E-state index < -0.39 is 23.9 Å². The molecule has 0 amide bonds. The van der Waals surface area contributed by atoms with Crippen molar-refractivity contribution in [2.24, 2.45) is 0 Å². The van der Waals surface area contributed by atoms with Crippen molar-refractivity contribution in [3.63, 3.8) is 0 Å². The van der Waals surface area contributed by atoms with Gasteiger partial charge in [-0.25, -0.2) is 14.8 Å². The molecule has 0 saturated carbocycles. The topological polar surface area (TPSA) is 55.3 Å². The lowest BCUT2D eigenvalue weighted by molar-refractivity contribution is -0.142. The Morgan fingerprint density at radius 3 is 2.85 bits per heavy atom. The summed E-state index contributed by atoms with van der Waals surface area (Å²) in [6.07, 6.45) is -1.38. The van der Waals surface area contributed by atoms with Gasteiger partial charge in [-0.2, -0.15) is 13.2 Å². The van der Waals surface area contributed by atoms with Gasteiger partial charge in [0.15, 0.2) is 0 Å². The van der Waals surface area contributed by atoms with Crippen LogP contribution in [0.4, 0.5) is 19.1 Å². The molecule has 1 aromatic heterocycles. The largest absolute Gasteiger partial charge is 0.467 e. The van der Waals surface area contributed by atoms with Crippen LogP contribution in [-0.2, 0) is 15.7 Å². The number of carbonyl (C=O) groups is 1. The van der Waals surface area contributed by atoms with E-state index in [4.69, 9.17) is 0 Å². The number of piperidine rings is 1. The average molecular weight is 289 g/mol. The van der Waals surface area contributed by atoms with Crippen LogP contribution in [0.1, 0.15) is 25.0 Å². The van der Waals surface area contributed by atoms with E-state index >= 15 is 0 Å². The lowest BCUT2D eigenvalue weighted by Crippen LogP contribution is -2.46. The Bertz CT molecular complexity index is 493. The molecule has 8 heteroatoms. The third-order valence-corrected chi connectivity index (χ3v) is 3.17. The monoisotopic (exact) mass is 289 g/mol. The number of halogens is 3. The van der Waals surface area contributed by atoms with E-state index in [9.17, 15) is 18.0 Å². The first-order valence-corrected chi connectivity index (χ1v) is 6.18. The molecule has 1 saturated heterocycles. The molecule has 1 unspecified atom stereocenters. The number of anilines is 1. The molecule has 1 aromatic rings. The van der Waals surface area contributed by atoms with Gasteiger partial charge < -0.3 is 9.64 Å².